The van der Waals surface area contributed by atoms with Gasteiger partial charge in [0.1, 0.15) is 11.4 Å². The number of carbonyl (C=O) groups is 1. The van der Waals surface area contributed by atoms with Gasteiger partial charge in [-0.15, -0.1) is 0 Å². The number of hydrogen-bond acceptors (Lipinski definition) is 6. The summed E-state index contributed by atoms with van der Waals surface area (Å²) in [6.07, 6.45) is 1.40. The van der Waals surface area contributed by atoms with E-state index in [1.807, 2.05) is 26.0 Å². The Bertz CT molecular complexity index is 665. The number of rotatable bonds is 6. The molecule has 0 spiro atoms. The lowest BCUT2D eigenvalue weighted by molar-refractivity contribution is 0.100. The molecular formula is C15H20N6O. The Balaban J connectivity index is 2.35. The predicted molar refractivity (Wildman–Crippen MR) is 87.3 cm³/mol. The summed E-state index contributed by atoms with van der Waals surface area (Å²) in [5.74, 6) is 0.173. The van der Waals surface area contributed by atoms with E-state index >= 15 is 0 Å². The predicted octanol–water partition coefficient (Wildman–Crippen LogP) is 1.31. The van der Waals surface area contributed by atoms with Crippen LogP contribution in [0.5, 0.6) is 0 Å². The Kier molecular flexibility index (Phi) is 4.90. The van der Waals surface area contributed by atoms with Crippen molar-refractivity contribution in [1.29, 1.82) is 0 Å². The van der Waals surface area contributed by atoms with Gasteiger partial charge in [-0.25, -0.2) is 4.98 Å². The third kappa shape index (κ3) is 3.92. The van der Waals surface area contributed by atoms with E-state index < -0.39 is 5.91 Å². The molecule has 0 radical (unpaired) electrons. The number of hydrogen-bond donors (Lipinski definition) is 4. The van der Waals surface area contributed by atoms with Gasteiger partial charge in [-0.3, -0.25) is 4.79 Å². The largest absolute Gasteiger partial charge is 0.365 e. The highest BCUT2D eigenvalue weighted by atomic mass is 16.1. The van der Waals surface area contributed by atoms with Gasteiger partial charge >= 0.3 is 0 Å². The molecule has 7 heteroatoms. The van der Waals surface area contributed by atoms with E-state index in [0.29, 0.717) is 24.9 Å². The molecule has 0 aliphatic carbocycles. The Morgan fingerprint density at radius 3 is 2.50 bits per heavy atom. The van der Waals surface area contributed by atoms with Gasteiger partial charge in [0, 0.05) is 25.0 Å². The maximum absolute atomic E-state index is 11.5. The fraction of sp³-hybridized carbons (Fsp3) is 0.267. The van der Waals surface area contributed by atoms with E-state index in [1.165, 1.54) is 6.20 Å². The number of carbonyl (C=O) groups excluding carboxylic acids is 1. The van der Waals surface area contributed by atoms with Crippen LogP contribution in [0.25, 0.3) is 0 Å². The molecule has 1 aromatic heterocycles. The van der Waals surface area contributed by atoms with Crippen LogP contribution in [0.4, 0.5) is 17.5 Å². The van der Waals surface area contributed by atoms with Crippen LogP contribution in [0.2, 0.25) is 0 Å². The second-order valence-electron chi connectivity index (χ2n) is 5.04. The molecule has 0 fully saturated rings. The SMILES string of the molecule is Cc1cc(C)cc(Nc2nc(NCCN)ncc2C(N)=O)c1. The summed E-state index contributed by atoms with van der Waals surface area (Å²) in [5.41, 5.74) is 14.1. The molecule has 0 saturated carbocycles. The van der Waals surface area contributed by atoms with Gasteiger partial charge in [0.2, 0.25) is 5.95 Å². The molecule has 0 aliphatic rings. The summed E-state index contributed by atoms with van der Waals surface area (Å²) >= 11 is 0. The van der Waals surface area contributed by atoms with Gasteiger partial charge in [-0.2, -0.15) is 4.98 Å². The molecule has 0 atom stereocenters. The zero-order valence-electron chi connectivity index (χ0n) is 12.7. The second kappa shape index (κ2) is 6.86. The van der Waals surface area contributed by atoms with E-state index in [-0.39, 0.29) is 5.56 Å². The number of primary amides is 1. The second-order valence-corrected chi connectivity index (χ2v) is 5.04. The van der Waals surface area contributed by atoms with Crippen LogP contribution in [0.3, 0.4) is 0 Å². The number of aryl methyl sites for hydroxylation is 2. The Hall–Kier alpha value is -2.67. The Labute approximate surface area is 129 Å². The molecule has 0 aliphatic heterocycles. The molecule has 116 valence electrons. The molecule has 1 heterocycles. The molecule has 0 saturated heterocycles. The third-order valence-corrected chi connectivity index (χ3v) is 2.97. The normalized spacial score (nSPS) is 10.3. The third-order valence-electron chi connectivity index (χ3n) is 2.97. The number of amides is 1. The first-order valence-electron chi connectivity index (χ1n) is 6.95. The van der Waals surface area contributed by atoms with Crippen LogP contribution >= 0.6 is 0 Å². The molecule has 22 heavy (non-hydrogen) atoms. The lowest BCUT2D eigenvalue weighted by atomic mass is 10.1. The van der Waals surface area contributed by atoms with Gasteiger partial charge < -0.3 is 22.1 Å². The average molecular weight is 300 g/mol. The van der Waals surface area contributed by atoms with Crippen LogP contribution < -0.4 is 22.1 Å². The van der Waals surface area contributed by atoms with E-state index in [4.69, 9.17) is 11.5 Å². The average Bonchev–Trinajstić information content (AvgIpc) is 2.43. The van der Waals surface area contributed by atoms with Crippen molar-refractivity contribution in [3.8, 4) is 0 Å². The summed E-state index contributed by atoms with van der Waals surface area (Å²) in [7, 11) is 0. The Morgan fingerprint density at radius 1 is 1.23 bits per heavy atom. The maximum atomic E-state index is 11.5. The first-order valence-corrected chi connectivity index (χ1v) is 6.95. The van der Waals surface area contributed by atoms with Crippen molar-refractivity contribution in [2.24, 2.45) is 11.5 Å². The van der Waals surface area contributed by atoms with Gasteiger partial charge in [-0.05, 0) is 37.1 Å². The molecule has 1 amide bonds. The maximum Gasteiger partial charge on any atom is 0.254 e. The monoisotopic (exact) mass is 300 g/mol. The minimum Gasteiger partial charge on any atom is -0.365 e. The molecular weight excluding hydrogens is 280 g/mol. The van der Waals surface area contributed by atoms with E-state index in [0.717, 1.165) is 16.8 Å². The molecule has 7 nitrogen and oxygen atoms in total. The number of aromatic nitrogens is 2. The number of nitrogens with zero attached hydrogens (tertiary/aromatic N) is 2. The number of benzene rings is 1. The molecule has 2 aromatic rings. The first-order chi connectivity index (χ1) is 10.5. The molecule has 6 N–H and O–H groups in total. The lowest BCUT2D eigenvalue weighted by Crippen LogP contribution is -2.18. The summed E-state index contributed by atoms with van der Waals surface area (Å²) in [5, 5.41) is 6.10. The molecule has 1 aromatic carbocycles. The molecule has 0 unspecified atom stereocenters. The minimum atomic E-state index is -0.586. The summed E-state index contributed by atoms with van der Waals surface area (Å²) in [6, 6.07) is 5.99. The molecule has 0 bridgehead atoms. The van der Waals surface area contributed by atoms with Crippen molar-refractivity contribution in [2.45, 2.75) is 13.8 Å². The number of anilines is 3. The topological polar surface area (TPSA) is 119 Å². The quantitative estimate of drug-likeness (QED) is 0.638. The standard InChI is InChI=1S/C15H20N6O/c1-9-5-10(2)7-11(6-9)20-14-12(13(17)22)8-19-15(21-14)18-4-3-16/h5-8H,3-4,16H2,1-2H3,(H2,17,22)(H2,18,19,20,21). The summed E-state index contributed by atoms with van der Waals surface area (Å²) in [4.78, 5) is 19.9. The van der Waals surface area contributed by atoms with Gasteiger partial charge in [-0.1, -0.05) is 6.07 Å². The summed E-state index contributed by atoms with van der Waals surface area (Å²) in [6.45, 7) is 5.00. The van der Waals surface area contributed by atoms with Crippen molar-refractivity contribution >= 4 is 23.4 Å². The van der Waals surface area contributed by atoms with E-state index in [9.17, 15) is 4.79 Å². The van der Waals surface area contributed by atoms with Crippen molar-refractivity contribution in [3.63, 3.8) is 0 Å². The Morgan fingerprint density at radius 2 is 1.91 bits per heavy atom. The van der Waals surface area contributed by atoms with Crippen molar-refractivity contribution in [1.82, 2.24) is 9.97 Å². The van der Waals surface area contributed by atoms with Crippen LogP contribution in [-0.4, -0.2) is 29.0 Å². The van der Waals surface area contributed by atoms with Gasteiger partial charge in [0.05, 0.1) is 0 Å². The summed E-state index contributed by atoms with van der Waals surface area (Å²) < 4.78 is 0. The first kappa shape index (κ1) is 15.7. The van der Waals surface area contributed by atoms with Crippen molar-refractivity contribution in [3.05, 3.63) is 41.1 Å². The van der Waals surface area contributed by atoms with Crippen molar-refractivity contribution in [2.75, 3.05) is 23.7 Å². The van der Waals surface area contributed by atoms with E-state index in [2.05, 4.69) is 26.7 Å². The fourth-order valence-corrected chi connectivity index (χ4v) is 2.11. The number of nitrogens with one attached hydrogen (secondary N) is 2. The zero-order chi connectivity index (χ0) is 16.1. The van der Waals surface area contributed by atoms with Crippen LogP contribution in [-0.2, 0) is 0 Å². The smallest absolute Gasteiger partial charge is 0.254 e. The van der Waals surface area contributed by atoms with E-state index in [1.54, 1.807) is 0 Å². The highest BCUT2D eigenvalue weighted by molar-refractivity contribution is 5.98. The highest BCUT2D eigenvalue weighted by Gasteiger charge is 2.12. The lowest BCUT2D eigenvalue weighted by Gasteiger charge is -2.12. The van der Waals surface area contributed by atoms with Crippen LogP contribution in [0, 0.1) is 13.8 Å². The van der Waals surface area contributed by atoms with Crippen molar-refractivity contribution < 1.29 is 4.79 Å². The number of nitrogens with two attached hydrogens (primary N) is 2. The van der Waals surface area contributed by atoms with Crippen LogP contribution in [0.15, 0.2) is 24.4 Å². The highest BCUT2D eigenvalue weighted by Crippen LogP contribution is 2.21. The van der Waals surface area contributed by atoms with Gasteiger partial charge in [0.15, 0.2) is 0 Å². The fourth-order valence-electron chi connectivity index (χ4n) is 2.11. The zero-order valence-corrected chi connectivity index (χ0v) is 12.7. The van der Waals surface area contributed by atoms with Gasteiger partial charge in [0.25, 0.3) is 5.91 Å². The van der Waals surface area contributed by atoms with Crippen LogP contribution in [0.1, 0.15) is 21.5 Å². The molecule has 2 rings (SSSR count). The minimum absolute atomic E-state index is 0.234.